The molecule has 1 aliphatic rings. The summed E-state index contributed by atoms with van der Waals surface area (Å²) in [5.74, 6) is 0.672. The fourth-order valence-corrected chi connectivity index (χ4v) is 11.4. The molecule has 12 rings (SSSR count). The summed E-state index contributed by atoms with van der Waals surface area (Å²) in [5, 5.41) is 5.13. The highest BCUT2D eigenvalue weighted by molar-refractivity contribution is 7.25. The van der Waals surface area contributed by atoms with Gasteiger partial charge in [-0.25, -0.2) is 0 Å². The summed E-state index contributed by atoms with van der Waals surface area (Å²) in [4.78, 5) is 2.46. The van der Waals surface area contributed by atoms with E-state index in [2.05, 4.69) is 256 Å². The molecule has 78 heavy (non-hydrogen) atoms. The van der Waals surface area contributed by atoms with E-state index in [1.54, 1.807) is 0 Å². The van der Waals surface area contributed by atoms with E-state index < -0.39 is 0 Å². The van der Waals surface area contributed by atoms with Crippen LogP contribution in [0.3, 0.4) is 0 Å². The molecule has 2 nitrogen and oxygen atoms in total. The minimum atomic E-state index is -0.120. The van der Waals surface area contributed by atoms with Crippen molar-refractivity contribution in [3.8, 4) is 39.1 Å². The van der Waals surface area contributed by atoms with Crippen molar-refractivity contribution in [1.82, 2.24) is 4.57 Å². The number of rotatable bonds is 8. The molecule has 2 aromatic heterocycles. The highest BCUT2D eigenvalue weighted by atomic mass is 32.1. The fourth-order valence-electron chi connectivity index (χ4n) is 10.3. The van der Waals surface area contributed by atoms with Gasteiger partial charge in [0.15, 0.2) is 0 Å². The van der Waals surface area contributed by atoms with Gasteiger partial charge in [0.05, 0.1) is 16.7 Å². The maximum atomic E-state index is 2.46. The number of allylic oxidation sites excluding steroid dienone is 6. The van der Waals surface area contributed by atoms with Gasteiger partial charge in [0.2, 0.25) is 0 Å². The van der Waals surface area contributed by atoms with Gasteiger partial charge in [-0.05, 0) is 132 Å². The molecule has 0 fully saturated rings. The molecule has 1 aliphatic carbocycles. The summed E-state index contributed by atoms with van der Waals surface area (Å²) in [7, 11) is 0. The Labute approximate surface area is 471 Å². The Bertz CT molecular complexity index is 3780. The Kier molecular flexibility index (Phi) is 20.3. The minimum absolute atomic E-state index is 0.120. The van der Waals surface area contributed by atoms with Crippen LogP contribution >= 0.6 is 11.3 Å². The number of hydrogen-bond donors (Lipinski definition) is 0. The molecule has 0 amide bonds. The van der Waals surface area contributed by atoms with E-state index >= 15 is 0 Å². The van der Waals surface area contributed by atoms with E-state index in [-0.39, 0.29) is 5.41 Å². The van der Waals surface area contributed by atoms with E-state index in [1.807, 2.05) is 98.0 Å². The zero-order valence-electron chi connectivity index (χ0n) is 48.5. The van der Waals surface area contributed by atoms with Crippen LogP contribution in [0.15, 0.2) is 243 Å². The van der Waals surface area contributed by atoms with Crippen LogP contribution in [0, 0.1) is 5.92 Å². The quantitative estimate of drug-likeness (QED) is 0.109. The number of anilines is 3. The van der Waals surface area contributed by atoms with Crippen molar-refractivity contribution in [1.29, 1.82) is 0 Å². The lowest BCUT2D eigenvalue weighted by Gasteiger charge is -2.30. The third-order valence-corrected chi connectivity index (χ3v) is 15.1. The van der Waals surface area contributed by atoms with Gasteiger partial charge in [0.25, 0.3) is 0 Å². The first-order chi connectivity index (χ1) is 38.2. The smallest absolute Gasteiger partial charge is 0.0541 e. The monoisotopic (exact) mass is 1040 g/mol. The first kappa shape index (κ1) is 57.7. The topological polar surface area (TPSA) is 8.17 Å². The molecule has 3 heteroatoms. The summed E-state index contributed by atoms with van der Waals surface area (Å²) < 4.78 is 5.07. The Balaban J connectivity index is 0.000000433. The molecule has 0 aliphatic heterocycles. The highest BCUT2D eigenvalue weighted by Crippen LogP contribution is 2.51. The Morgan fingerprint density at radius 3 is 1.69 bits per heavy atom. The number of thiophene rings is 1. The van der Waals surface area contributed by atoms with E-state index in [1.165, 1.54) is 92.2 Å². The van der Waals surface area contributed by atoms with Crippen LogP contribution in [0.5, 0.6) is 0 Å². The second-order valence-corrected chi connectivity index (χ2v) is 20.4. The van der Waals surface area contributed by atoms with E-state index in [0.717, 1.165) is 17.1 Å². The Hall–Kier alpha value is -7.98. The van der Waals surface area contributed by atoms with Crippen LogP contribution in [-0.4, -0.2) is 4.57 Å². The third-order valence-electron chi connectivity index (χ3n) is 13.9. The van der Waals surface area contributed by atoms with Crippen molar-refractivity contribution >= 4 is 70.4 Å². The molecule has 0 spiro atoms. The lowest BCUT2D eigenvalue weighted by molar-refractivity contribution is 0.660. The summed E-state index contributed by atoms with van der Waals surface area (Å²) in [6.45, 7) is 27.1. The number of aromatic nitrogens is 1. The molecule has 0 radical (unpaired) electrons. The van der Waals surface area contributed by atoms with E-state index in [0.29, 0.717) is 5.92 Å². The summed E-state index contributed by atoms with van der Waals surface area (Å²) in [6.07, 6.45) is 12.3. The molecule has 396 valence electrons. The maximum absolute atomic E-state index is 2.46. The molecule has 0 atom stereocenters. The van der Waals surface area contributed by atoms with E-state index in [9.17, 15) is 0 Å². The number of para-hydroxylation sites is 2. The van der Waals surface area contributed by atoms with Crippen molar-refractivity contribution in [2.24, 2.45) is 5.92 Å². The molecule has 0 unspecified atom stereocenters. The van der Waals surface area contributed by atoms with Crippen LogP contribution in [0.25, 0.3) is 81.0 Å². The molecule has 0 saturated heterocycles. The van der Waals surface area contributed by atoms with E-state index in [4.69, 9.17) is 0 Å². The molecule has 9 aromatic carbocycles. The first-order valence-corrected chi connectivity index (χ1v) is 29.1. The van der Waals surface area contributed by atoms with Gasteiger partial charge in [-0.3, -0.25) is 0 Å². The average molecular weight is 1040 g/mol. The summed E-state index contributed by atoms with van der Waals surface area (Å²) in [6, 6.07) is 76.1. The van der Waals surface area contributed by atoms with Gasteiger partial charge in [-0.1, -0.05) is 245 Å². The third kappa shape index (κ3) is 12.1. The van der Waals surface area contributed by atoms with Crippen LogP contribution < -0.4 is 4.90 Å². The number of benzene rings is 9. The van der Waals surface area contributed by atoms with Crippen molar-refractivity contribution in [3.05, 3.63) is 254 Å². The Morgan fingerprint density at radius 2 is 0.987 bits per heavy atom. The lowest BCUT2D eigenvalue weighted by Crippen LogP contribution is -2.16. The summed E-state index contributed by atoms with van der Waals surface area (Å²) in [5.41, 5.74) is 17.0. The number of fused-ring (bicyclic) bond motifs is 9. The zero-order chi connectivity index (χ0) is 55.8. The molecule has 0 saturated carbocycles. The largest absolute Gasteiger partial charge is 0.310 e. The predicted molar refractivity (Wildman–Crippen MR) is 350 cm³/mol. The fraction of sp³-hybridized carbons (Fsp3) is 0.200. The van der Waals surface area contributed by atoms with Crippen LogP contribution in [0.1, 0.15) is 101 Å². The minimum Gasteiger partial charge on any atom is -0.310 e. The molecule has 0 N–H and O–H groups in total. The Morgan fingerprint density at radius 1 is 0.423 bits per heavy atom. The van der Waals surface area contributed by atoms with Gasteiger partial charge >= 0.3 is 0 Å². The van der Waals surface area contributed by atoms with Crippen LogP contribution in [-0.2, 0) is 5.41 Å². The molecule has 0 bridgehead atoms. The zero-order valence-corrected chi connectivity index (χ0v) is 49.3. The van der Waals surface area contributed by atoms with Crippen molar-refractivity contribution in [2.45, 2.75) is 95.4 Å². The van der Waals surface area contributed by atoms with Crippen LogP contribution in [0.2, 0.25) is 0 Å². The highest BCUT2D eigenvalue weighted by Gasteiger charge is 2.36. The van der Waals surface area contributed by atoms with Gasteiger partial charge in [-0.2, -0.15) is 0 Å². The second-order valence-electron chi connectivity index (χ2n) is 19.4. The number of nitrogens with zero attached hydrogens (tertiary/aromatic N) is 2. The molecular weight excluding hydrogens is 961 g/mol. The van der Waals surface area contributed by atoms with Gasteiger partial charge in [0.1, 0.15) is 0 Å². The maximum Gasteiger partial charge on any atom is 0.0541 e. The first-order valence-electron chi connectivity index (χ1n) is 28.3. The second kappa shape index (κ2) is 27.4. The normalized spacial score (nSPS) is 12.0. The van der Waals surface area contributed by atoms with Gasteiger partial charge in [0, 0.05) is 59.0 Å². The predicted octanol–water partition coefficient (Wildman–Crippen LogP) is 23.7. The molecule has 11 aromatic rings. The molecular formula is C75H80N2S. The molecule has 2 heterocycles. The lowest BCUT2D eigenvalue weighted by atomic mass is 9.82. The van der Waals surface area contributed by atoms with Crippen LogP contribution in [0.4, 0.5) is 17.1 Å². The van der Waals surface area contributed by atoms with Gasteiger partial charge < -0.3 is 9.47 Å². The van der Waals surface area contributed by atoms with Crippen molar-refractivity contribution in [3.63, 3.8) is 0 Å². The van der Waals surface area contributed by atoms with Gasteiger partial charge in [-0.15, -0.1) is 11.3 Å². The summed E-state index contributed by atoms with van der Waals surface area (Å²) >= 11 is 1.87. The van der Waals surface area contributed by atoms with Crippen molar-refractivity contribution in [2.75, 3.05) is 4.90 Å². The van der Waals surface area contributed by atoms with Crippen molar-refractivity contribution < 1.29 is 0 Å². The average Bonchev–Trinajstić information content (AvgIpc) is 4.12. The standard InChI is InChI=1S/C57H40N2S.C8H14.C4H8.3C2H6/c1-57(2)50-20-10-6-17-44(50)45-31-29-41(35-51(45)57)58(40-27-24-38(25-28-40)37-14-4-3-5-15-37)52-21-11-7-16-43(52)39-26-33-54-49(34-39)46-18-8-12-22-53(46)59(54)42-30-32-48-47-19-9-13-23-55(47)60-56(48)36-42;1-4-5-6-7-8(2)3;1-3-4-2;3*1-2/h3-36H,1-2H3;4-8H,1-3H3;3-4H,1-2H3;3*1-2H3/b;5-4-,7-6-;4-3-;;;. The number of hydrogen-bond acceptors (Lipinski definition) is 2. The SMILES string of the molecule is C/C=C\C.C/C=C\C=C/C(C)C.CC.CC.CC.CC1(C)c2ccccc2-c2ccc(N(c3ccc(-c4ccccc4)cc3)c3ccccc3-c3ccc4c(c3)c3ccccc3n4-c3ccc4c(c3)sc3ccccc34)cc21.